The standard InChI is InChI=1S/C15H14BrN3S/c1-10-3-2-6-19-8-12(18-15(10)19)9-20-14-7-11(16)4-5-13(14)17/h2-8H,9,17H2,1H3. The predicted octanol–water partition coefficient (Wildman–Crippen LogP) is 4.28. The van der Waals surface area contributed by atoms with Gasteiger partial charge in [-0.3, -0.25) is 0 Å². The van der Waals surface area contributed by atoms with Gasteiger partial charge in [0.25, 0.3) is 0 Å². The van der Waals surface area contributed by atoms with Crippen LogP contribution in [0, 0.1) is 6.92 Å². The van der Waals surface area contributed by atoms with Gasteiger partial charge in [0, 0.05) is 33.2 Å². The van der Waals surface area contributed by atoms with Crippen molar-refractivity contribution in [1.82, 2.24) is 9.38 Å². The zero-order chi connectivity index (χ0) is 14.1. The molecular weight excluding hydrogens is 334 g/mol. The van der Waals surface area contributed by atoms with Crippen molar-refractivity contribution in [2.24, 2.45) is 0 Å². The fourth-order valence-electron chi connectivity index (χ4n) is 2.06. The minimum absolute atomic E-state index is 0.804. The lowest BCUT2D eigenvalue weighted by atomic mass is 10.3. The number of hydrogen-bond acceptors (Lipinski definition) is 3. The molecular formula is C15H14BrN3S. The lowest BCUT2D eigenvalue weighted by molar-refractivity contribution is 1.16. The van der Waals surface area contributed by atoms with Gasteiger partial charge in [-0.15, -0.1) is 11.8 Å². The third kappa shape index (κ3) is 2.69. The second-order valence-electron chi connectivity index (χ2n) is 4.63. The van der Waals surface area contributed by atoms with Crippen LogP contribution >= 0.6 is 27.7 Å². The summed E-state index contributed by atoms with van der Waals surface area (Å²) in [5, 5.41) is 0. The Labute approximate surface area is 130 Å². The lowest BCUT2D eigenvalue weighted by Gasteiger charge is -2.04. The van der Waals surface area contributed by atoms with Gasteiger partial charge in [-0.05, 0) is 36.8 Å². The van der Waals surface area contributed by atoms with Crippen molar-refractivity contribution in [3.8, 4) is 0 Å². The maximum Gasteiger partial charge on any atom is 0.139 e. The molecule has 0 saturated heterocycles. The van der Waals surface area contributed by atoms with Crippen molar-refractivity contribution in [3.05, 3.63) is 58.5 Å². The van der Waals surface area contributed by atoms with E-state index in [-0.39, 0.29) is 0 Å². The quantitative estimate of drug-likeness (QED) is 0.568. The average molecular weight is 348 g/mol. The highest BCUT2D eigenvalue weighted by Crippen LogP contribution is 2.30. The highest BCUT2D eigenvalue weighted by Gasteiger charge is 2.06. The van der Waals surface area contributed by atoms with Gasteiger partial charge in [0.15, 0.2) is 0 Å². The minimum Gasteiger partial charge on any atom is -0.398 e. The van der Waals surface area contributed by atoms with Gasteiger partial charge in [-0.2, -0.15) is 0 Å². The van der Waals surface area contributed by atoms with Crippen molar-refractivity contribution < 1.29 is 0 Å². The number of anilines is 1. The van der Waals surface area contributed by atoms with Crippen LogP contribution in [0.5, 0.6) is 0 Å². The Balaban J connectivity index is 1.83. The monoisotopic (exact) mass is 347 g/mol. The van der Waals surface area contributed by atoms with Gasteiger partial charge >= 0.3 is 0 Å². The summed E-state index contributed by atoms with van der Waals surface area (Å²) in [6.45, 7) is 2.07. The number of fused-ring (bicyclic) bond motifs is 1. The molecule has 5 heteroatoms. The first-order chi connectivity index (χ1) is 9.63. The largest absolute Gasteiger partial charge is 0.398 e. The SMILES string of the molecule is Cc1cccn2cc(CSc3cc(Br)ccc3N)nc12. The second-order valence-corrected chi connectivity index (χ2v) is 6.56. The van der Waals surface area contributed by atoms with E-state index in [1.54, 1.807) is 11.8 Å². The van der Waals surface area contributed by atoms with Crippen molar-refractivity contribution in [2.45, 2.75) is 17.6 Å². The summed E-state index contributed by atoms with van der Waals surface area (Å²) in [5.41, 5.74) is 10.1. The fraction of sp³-hybridized carbons (Fsp3) is 0.133. The molecule has 20 heavy (non-hydrogen) atoms. The van der Waals surface area contributed by atoms with Gasteiger partial charge in [-0.25, -0.2) is 4.98 Å². The van der Waals surface area contributed by atoms with Crippen molar-refractivity contribution in [2.75, 3.05) is 5.73 Å². The zero-order valence-corrected chi connectivity index (χ0v) is 13.4. The summed E-state index contributed by atoms with van der Waals surface area (Å²) in [5.74, 6) is 0.807. The maximum absolute atomic E-state index is 5.99. The number of aryl methyl sites for hydroxylation is 1. The van der Waals surface area contributed by atoms with E-state index in [4.69, 9.17) is 5.73 Å². The second kappa shape index (κ2) is 5.50. The van der Waals surface area contributed by atoms with Crippen LogP contribution in [0.4, 0.5) is 5.69 Å². The molecule has 0 amide bonds. The molecule has 3 aromatic rings. The Morgan fingerprint density at radius 1 is 1.35 bits per heavy atom. The number of benzene rings is 1. The molecule has 3 rings (SSSR count). The molecule has 2 aromatic heterocycles. The predicted molar refractivity (Wildman–Crippen MR) is 88.0 cm³/mol. The Morgan fingerprint density at radius 2 is 2.20 bits per heavy atom. The summed E-state index contributed by atoms with van der Waals surface area (Å²) >= 11 is 5.18. The number of thioether (sulfide) groups is 1. The van der Waals surface area contributed by atoms with Gasteiger partial charge < -0.3 is 10.1 Å². The molecule has 2 heterocycles. The molecule has 0 aliphatic rings. The molecule has 0 bridgehead atoms. The van der Waals surface area contributed by atoms with Crippen LogP contribution in [-0.2, 0) is 5.75 Å². The normalized spacial score (nSPS) is 11.1. The van der Waals surface area contributed by atoms with E-state index in [2.05, 4.69) is 44.5 Å². The van der Waals surface area contributed by atoms with E-state index in [1.807, 2.05) is 30.5 Å². The summed E-state index contributed by atoms with van der Waals surface area (Å²) in [6.07, 6.45) is 4.10. The van der Waals surface area contributed by atoms with Crippen LogP contribution in [0.2, 0.25) is 0 Å². The molecule has 3 nitrogen and oxygen atoms in total. The Bertz CT molecular complexity index is 767. The summed E-state index contributed by atoms with van der Waals surface area (Å²) < 4.78 is 3.11. The third-order valence-electron chi connectivity index (χ3n) is 3.08. The molecule has 0 spiro atoms. The Morgan fingerprint density at radius 3 is 3.00 bits per heavy atom. The molecule has 0 atom stereocenters. The van der Waals surface area contributed by atoms with Crippen LogP contribution in [0.15, 0.2) is 52.1 Å². The van der Waals surface area contributed by atoms with Gasteiger partial charge in [0.1, 0.15) is 5.65 Å². The van der Waals surface area contributed by atoms with Crippen LogP contribution in [0.3, 0.4) is 0 Å². The summed E-state index contributed by atoms with van der Waals surface area (Å²) in [4.78, 5) is 5.75. The molecule has 2 N–H and O–H groups in total. The number of imidazole rings is 1. The minimum atomic E-state index is 0.804. The molecule has 0 saturated carbocycles. The van der Waals surface area contributed by atoms with Crippen molar-refractivity contribution in [3.63, 3.8) is 0 Å². The van der Waals surface area contributed by atoms with E-state index < -0.39 is 0 Å². The van der Waals surface area contributed by atoms with Crippen LogP contribution < -0.4 is 5.73 Å². The topological polar surface area (TPSA) is 43.3 Å². The Hall–Kier alpha value is -1.46. The first-order valence-corrected chi connectivity index (χ1v) is 8.02. The van der Waals surface area contributed by atoms with E-state index in [1.165, 1.54) is 5.56 Å². The van der Waals surface area contributed by atoms with E-state index in [0.717, 1.165) is 32.1 Å². The van der Waals surface area contributed by atoms with Crippen LogP contribution in [0.1, 0.15) is 11.3 Å². The average Bonchev–Trinajstić information content (AvgIpc) is 2.84. The third-order valence-corrected chi connectivity index (χ3v) is 4.68. The number of hydrogen-bond donors (Lipinski definition) is 1. The molecule has 0 unspecified atom stereocenters. The van der Waals surface area contributed by atoms with Gasteiger partial charge in [0.2, 0.25) is 0 Å². The lowest BCUT2D eigenvalue weighted by Crippen LogP contribution is -1.89. The molecule has 1 aromatic carbocycles. The highest BCUT2D eigenvalue weighted by atomic mass is 79.9. The summed E-state index contributed by atoms with van der Waals surface area (Å²) in [6, 6.07) is 10.0. The van der Waals surface area contributed by atoms with Gasteiger partial charge in [-0.1, -0.05) is 22.0 Å². The number of nitrogens with zero attached hydrogens (tertiary/aromatic N) is 2. The van der Waals surface area contributed by atoms with Gasteiger partial charge in [0.05, 0.1) is 5.69 Å². The number of nitrogen functional groups attached to an aromatic ring is 1. The molecule has 0 radical (unpaired) electrons. The van der Waals surface area contributed by atoms with Crippen molar-refractivity contribution in [1.29, 1.82) is 0 Å². The number of halogens is 1. The van der Waals surface area contributed by atoms with E-state index >= 15 is 0 Å². The van der Waals surface area contributed by atoms with Crippen LogP contribution in [0.25, 0.3) is 5.65 Å². The summed E-state index contributed by atoms with van der Waals surface area (Å²) in [7, 11) is 0. The van der Waals surface area contributed by atoms with E-state index in [0.29, 0.717) is 0 Å². The zero-order valence-electron chi connectivity index (χ0n) is 11.0. The molecule has 102 valence electrons. The smallest absolute Gasteiger partial charge is 0.139 e. The van der Waals surface area contributed by atoms with Crippen molar-refractivity contribution >= 4 is 39.0 Å². The Kier molecular flexibility index (Phi) is 3.72. The van der Waals surface area contributed by atoms with Crippen LogP contribution in [-0.4, -0.2) is 9.38 Å². The molecule has 0 aliphatic heterocycles. The number of nitrogens with two attached hydrogens (primary N) is 1. The van der Waals surface area contributed by atoms with E-state index in [9.17, 15) is 0 Å². The molecule has 0 fully saturated rings. The fourth-order valence-corrected chi connectivity index (χ4v) is 3.46. The first-order valence-electron chi connectivity index (χ1n) is 6.24. The first kappa shape index (κ1) is 13.5. The number of rotatable bonds is 3. The maximum atomic E-state index is 5.99. The highest BCUT2D eigenvalue weighted by molar-refractivity contribution is 9.10. The molecule has 0 aliphatic carbocycles. The number of aromatic nitrogens is 2. The number of pyridine rings is 1.